The van der Waals surface area contributed by atoms with E-state index < -0.39 is 23.4 Å². The minimum atomic E-state index is -0.721. The molecule has 2 amide bonds. The van der Waals surface area contributed by atoms with Gasteiger partial charge in [-0.15, -0.1) is 0 Å². The normalized spacial score (nSPS) is 15.2. The van der Waals surface area contributed by atoms with E-state index in [-0.39, 0.29) is 6.54 Å². The van der Waals surface area contributed by atoms with Crippen molar-refractivity contribution in [1.82, 2.24) is 10.2 Å². The summed E-state index contributed by atoms with van der Waals surface area (Å²) in [6, 6.07) is 0. The first-order valence-corrected chi connectivity index (χ1v) is 8.42. The van der Waals surface area contributed by atoms with Gasteiger partial charge >= 0.3 is 12.2 Å². The zero-order valence-electron chi connectivity index (χ0n) is 16.3. The molecule has 1 rings (SSSR count). The molecule has 25 heavy (non-hydrogen) atoms. The Bertz CT molecular complexity index is 562. The number of hydrogen-bond acceptors (Lipinski definition) is 5. The minimum absolute atomic E-state index is 0.0850. The van der Waals surface area contributed by atoms with Crippen molar-refractivity contribution >= 4 is 12.2 Å². The van der Waals surface area contributed by atoms with E-state index >= 15 is 0 Å². The molecule has 0 aliphatic carbocycles. The second-order valence-electron chi connectivity index (χ2n) is 7.78. The van der Waals surface area contributed by atoms with Gasteiger partial charge in [-0.3, -0.25) is 0 Å². The molecule has 0 aromatic rings. The SMILES string of the molecule is C/C=C/C1=CNCC=C1CN(C(=O)OC(C)(C)C)C(=O)OC(C)(C)C. The molecular weight excluding hydrogens is 320 g/mol. The molecule has 0 aromatic heterocycles. The highest BCUT2D eigenvalue weighted by molar-refractivity contribution is 5.88. The van der Waals surface area contributed by atoms with Gasteiger partial charge in [0.2, 0.25) is 0 Å². The lowest BCUT2D eigenvalue weighted by molar-refractivity contribution is 0.00333. The van der Waals surface area contributed by atoms with E-state index in [0.29, 0.717) is 6.54 Å². The van der Waals surface area contributed by atoms with Crippen molar-refractivity contribution in [2.45, 2.75) is 59.7 Å². The zero-order valence-corrected chi connectivity index (χ0v) is 16.3. The van der Waals surface area contributed by atoms with Crippen molar-refractivity contribution in [2.24, 2.45) is 0 Å². The fourth-order valence-corrected chi connectivity index (χ4v) is 2.06. The Labute approximate surface area is 150 Å². The summed E-state index contributed by atoms with van der Waals surface area (Å²) in [5.41, 5.74) is 0.350. The molecular formula is C19H30N2O4. The summed E-state index contributed by atoms with van der Waals surface area (Å²) >= 11 is 0. The lowest BCUT2D eigenvalue weighted by Crippen LogP contribution is -2.44. The maximum Gasteiger partial charge on any atom is 0.420 e. The van der Waals surface area contributed by atoms with Crippen LogP contribution in [-0.2, 0) is 9.47 Å². The monoisotopic (exact) mass is 350 g/mol. The second kappa shape index (κ2) is 8.23. The molecule has 0 saturated heterocycles. The first-order chi connectivity index (χ1) is 11.4. The standard InChI is InChI=1S/C19H30N2O4/c1-8-9-14-12-20-11-10-15(14)13-21(16(22)24-18(2,3)4)17(23)25-19(5,6)7/h8-10,12,20H,11,13H2,1-7H3/b9-8+. The smallest absolute Gasteiger partial charge is 0.420 e. The molecule has 1 heterocycles. The van der Waals surface area contributed by atoms with Gasteiger partial charge in [0.15, 0.2) is 0 Å². The molecule has 0 spiro atoms. The first-order valence-electron chi connectivity index (χ1n) is 8.42. The van der Waals surface area contributed by atoms with Crippen LogP contribution in [0.1, 0.15) is 48.5 Å². The fraction of sp³-hybridized carbons (Fsp3) is 0.579. The number of imide groups is 1. The molecule has 0 aromatic carbocycles. The average molecular weight is 350 g/mol. The topological polar surface area (TPSA) is 67.9 Å². The van der Waals surface area contributed by atoms with Crippen LogP contribution >= 0.6 is 0 Å². The Kier molecular flexibility index (Phi) is 6.85. The van der Waals surface area contributed by atoms with Gasteiger partial charge in [-0.25, -0.2) is 14.5 Å². The van der Waals surface area contributed by atoms with Gasteiger partial charge in [0, 0.05) is 12.7 Å². The lowest BCUT2D eigenvalue weighted by Gasteiger charge is -2.29. The van der Waals surface area contributed by atoms with Crippen LogP contribution in [0.4, 0.5) is 9.59 Å². The molecule has 0 atom stereocenters. The van der Waals surface area contributed by atoms with Gasteiger partial charge in [0.05, 0.1) is 6.54 Å². The predicted molar refractivity (Wildman–Crippen MR) is 98.2 cm³/mol. The van der Waals surface area contributed by atoms with Crippen LogP contribution in [0.25, 0.3) is 0 Å². The van der Waals surface area contributed by atoms with Gasteiger partial charge in [0.25, 0.3) is 0 Å². The Morgan fingerprint density at radius 1 is 1.12 bits per heavy atom. The number of nitrogens with zero attached hydrogens (tertiary/aromatic N) is 1. The van der Waals surface area contributed by atoms with Gasteiger partial charge in [0.1, 0.15) is 11.2 Å². The Morgan fingerprint density at radius 3 is 2.08 bits per heavy atom. The van der Waals surface area contributed by atoms with Crippen LogP contribution in [0.5, 0.6) is 0 Å². The van der Waals surface area contributed by atoms with Crippen molar-refractivity contribution in [3.05, 3.63) is 35.6 Å². The Morgan fingerprint density at radius 2 is 1.64 bits per heavy atom. The van der Waals surface area contributed by atoms with Crippen LogP contribution in [0, 0.1) is 0 Å². The van der Waals surface area contributed by atoms with Crippen LogP contribution < -0.4 is 5.32 Å². The fourth-order valence-electron chi connectivity index (χ4n) is 2.06. The average Bonchev–Trinajstić information content (AvgIpc) is 2.42. The van der Waals surface area contributed by atoms with Crippen LogP contribution in [-0.4, -0.2) is 41.4 Å². The number of ether oxygens (including phenoxy) is 2. The number of nitrogens with one attached hydrogen (secondary N) is 1. The van der Waals surface area contributed by atoms with Crippen molar-refractivity contribution < 1.29 is 19.1 Å². The molecule has 1 aliphatic heterocycles. The highest BCUT2D eigenvalue weighted by Crippen LogP contribution is 2.20. The van der Waals surface area contributed by atoms with E-state index in [2.05, 4.69) is 5.32 Å². The van der Waals surface area contributed by atoms with E-state index in [9.17, 15) is 9.59 Å². The van der Waals surface area contributed by atoms with E-state index in [4.69, 9.17) is 9.47 Å². The van der Waals surface area contributed by atoms with Crippen molar-refractivity contribution in [1.29, 1.82) is 0 Å². The molecule has 1 N–H and O–H groups in total. The molecule has 6 nitrogen and oxygen atoms in total. The van der Waals surface area contributed by atoms with E-state index in [1.807, 2.05) is 31.4 Å². The van der Waals surface area contributed by atoms with Gasteiger partial charge < -0.3 is 14.8 Å². The van der Waals surface area contributed by atoms with E-state index in [1.54, 1.807) is 41.5 Å². The molecule has 1 aliphatic rings. The largest absolute Gasteiger partial charge is 0.443 e. The third-order valence-electron chi connectivity index (χ3n) is 3.00. The zero-order chi connectivity index (χ0) is 19.3. The molecule has 6 heteroatoms. The van der Waals surface area contributed by atoms with Crippen LogP contribution in [0.2, 0.25) is 0 Å². The molecule has 140 valence electrons. The van der Waals surface area contributed by atoms with Gasteiger partial charge in [-0.1, -0.05) is 18.2 Å². The summed E-state index contributed by atoms with van der Waals surface area (Å²) in [6.07, 6.45) is 6.18. The van der Waals surface area contributed by atoms with E-state index in [1.165, 1.54) is 0 Å². The molecule has 0 fully saturated rings. The van der Waals surface area contributed by atoms with Gasteiger partial charge in [-0.2, -0.15) is 0 Å². The number of carbonyl (C=O) groups is 2. The summed E-state index contributed by atoms with van der Waals surface area (Å²) in [6.45, 7) is 13.2. The van der Waals surface area contributed by atoms with Gasteiger partial charge in [-0.05, 0) is 59.6 Å². The third kappa shape index (κ3) is 7.45. The molecule has 0 bridgehead atoms. The third-order valence-corrected chi connectivity index (χ3v) is 3.00. The Hall–Kier alpha value is -2.24. The summed E-state index contributed by atoms with van der Waals surface area (Å²) in [5.74, 6) is 0. The predicted octanol–water partition coefficient (Wildman–Crippen LogP) is 4.15. The van der Waals surface area contributed by atoms with Crippen molar-refractivity contribution in [3.8, 4) is 0 Å². The summed E-state index contributed by atoms with van der Waals surface area (Å²) in [7, 11) is 0. The van der Waals surface area contributed by atoms with E-state index in [0.717, 1.165) is 16.0 Å². The second-order valence-corrected chi connectivity index (χ2v) is 7.78. The summed E-state index contributed by atoms with van der Waals surface area (Å²) < 4.78 is 10.8. The summed E-state index contributed by atoms with van der Waals surface area (Å²) in [4.78, 5) is 26.1. The highest BCUT2D eigenvalue weighted by atomic mass is 16.6. The molecule has 0 unspecified atom stereocenters. The van der Waals surface area contributed by atoms with Crippen LogP contribution in [0.15, 0.2) is 35.6 Å². The maximum absolute atomic E-state index is 12.5. The number of amides is 2. The maximum atomic E-state index is 12.5. The Balaban J connectivity index is 3.05. The molecule has 0 radical (unpaired) electrons. The highest BCUT2D eigenvalue weighted by Gasteiger charge is 2.32. The minimum Gasteiger partial charge on any atom is -0.443 e. The van der Waals surface area contributed by atoms with Crippen molar-refractivity contribution in [3.63, 3.8) is 0 Å². The van der Waals surface area contributed by atoms with Crippen molar-refractivity contribution in [2.75, 3.05) is 13.1 Å². The number of carbonyl (C=O) groups excluding carboxylic acids is 2. The van der Waals surface area contributed by atoms with Crippen LogP contribution in [0.3, 0.4) is 0 Å². The number of hydrogen-bond donors (Lipinski definition) is 1. The molecule has 0 saturated carbocycles. The number of dihydropyridines is 1. The summed E-state index contributed by atoms with van der Waals surface area (Å²) in [5, 5.41) is 3.12. The lowest BCUT2D eigenvalue weighted by atomic mass is 10.0. The number of allylic oxidation sites excluding steroid dienone is 2. The first kappa shape index (κ1) is 20.8. The quantitative estimate of drug-likeness (QED) is 0.828. The number of rotatable bonds is 3.